The summed E-state index contributed by atoms with van der Waals surface area (Å²) in [6, 6.07) is 0. The molecule has 0 aliphatic rings. The van der Waals surface area contributed by atoms with Gasteiger partial charge in [0.25, 0.3) is 0 Å². The van der Waals surface area contributed by atoms with Gasteiger partial charge in [0.15, 0.2) is 12.2 Å². The molecule has 5 atom stereocenters. The summed E-state index contributed by atoms with van der Waals surface area (Å²) >= 11 is 0. The van der Waals surface area contributed by atoms with Crippen LogP contribution in [-0.4, -0.2) is 96.7 Å². The van der Waals surface area contributed by atoms with Crippen LogP contribution in [0, 0.1) is 11.8 Å². The number of esters is 4. The maximum atomic E-state index is 13.1. The fraction of sp³-hybridized carbons (Fsp3) is 0.951. The smallest absolute Gasteiger partial charge is 0.462 e. The number of carbonyl (C=O) groups is 4. The van der Waals surface area contributed by atoms with Gasteiger partial charge < -0.3 is 33.8 Å². The van der Waals surface area contributed by atoms with Gasteiger partial charge in [-0.25, -0.2) is 9.13 Å². The van der Waals surface area contributed by atoms with E-state index in [0.717, 1.165) is 102 Å². The molecule has 0 saturated carbocycles. The molecule has 0 heterocycles. The quantitative estimate of drug-likeness (QED) is 0.0222. The van der Waals surface area contributed by atoms with Crippen LogP contribution in [0.3, 0.4) is 0 Å². The van der Waals surface area contributed by atoms with E-state index < -0.39 is 97.5 Å². The molecule has 3 N–H and O–H groups in total. The molecule has 0 aromatic heterocycles. The molecule has 0 aromatic rings. The molecule has 0 amide bonds. The summed E-state index contributed by atoms with van der Waals surface area (Å²) in [7, 11) is -9.92. The highest BCUT2D eigenvalue weighted by Gasteiger charge is 2.30. The van der Waals surface area contributed by atoms with Crippen LogP contribution in [0.1, 0.15) is 433 Å². The maximum Gasteiger partial charge on any atom is 0.472 e. The van der Waals surface area contributed by atoms with Gasteiger partial charge in [-0.05, 0) is 37.5 Å². The van der Waals surface area contributed by atoms with Crippen LogP contribution in [0.5, 0.6) is 0 Å². The number of carbonyl (C=O) groups excluding carboxylic acids is 4. The first kappa shape index (κ1) is 99.1. The molecule has 19 heteroatoms. The molecule has 0 bridgehead atoms. The van der Waals surface area contributed by atoms with Crippen LogP contribution < -0.4 is 0 Å². The van der Waals surface area contributed by atoms with Crippen molar-refractivity contribution in [3.05, 3.63) is 0 Å². The Hall–Kier alpha value is -1.94. The summed E-state index contributed by atoms with van der Waals surface area (Å²) in [6.07, 6.45) is 63.9. The largest absolute Gasteiger partial charge is 0.472 e. The summed E-state index contributed by atoms with van der Waals surface area (Å²) in [5.74, 6) is -0.574. The van der Waals surface area contributed by atoms with Crippen LogP contribution in [0.4, 0.5) is 0 Å². The van der Waals surface area contributed by atoms with E-state index in [4.69, 9.17) is 37.0 Å². The lowest BCUT2D eigenvalue weighted by Gasteiger charge is -2.21. The van der Waals surface area contributed by atoms with Gasteiger partial charge >= 0.3 is 39.5 Å². The molecular weight excluding hydrogens is 1320 g/mol. The van der Waals surface area contributed by atoms with Crippen LogP contribution in [0.25, 0.3) is 0 Å². The van der Waals surface area contributed by atoms with Gasteiger partial charge in [-0.3, -0.25) is 37.3 Å². The first-order valence-corrected chi connectivity index (χ1v) is 45.5. The van der Waals surface area contributed by atoms with Gasteiger partial charge in [0, 0.05) is 25.7 Å². The maximum absolute atomic E-state index is 13.1. The number of rotatable bonds is 81. The lowest BCUT2D eigenvalue weighted by molar-refractivity contribution is -0.161. The summed E-state index contributed by atoms with van der Waals surface area (Å²) in [4.78, 5) is 73.0. The number of aliphatic hydroxyl groups is 1. The topological polar surface area (TPSA) is 237 Å². The standard InChI is InChI=1S/C82H160O17P2/c1-7-9-11-13-15-17-19-21-22-23-24-25-26-29-33-37-41-49-55-61-67-82(87)98-77(70-92-79(84)64-58-52-46-39-36-32-30-27-28-31-34-38-44-50-56-62-74(3)4)72-96-100(88,89)94-68-76(83)69-95-101(90,91)97-73-78(71-93-80(85)65-59-53-47-43-42-45-51-57-63-75(5)6)99-81(86)66-60-54-48-40-35-20-18-16-14-12-10-8-2/h74-78,83H,7-73H2,1-6H3,(H,88,89)(H,90,91)/t76-,77-,78-/m1/s1. The fourth-order valence-corrected chi connectivity index (χ4v) is 14.3. The second kappa shape index (κ2) is 73.6. The van der Waals surface area contributed by atoms with E-state index in [1.165, 1.54) is 250 Å². The first-order valence-electron chi connectivity index (χ1n) is 42.5. The third kappa shape index (κ3) is 76.1. The molecule has 0 rings (SSSR count). The van der Waals surface area contributed by atoms with Crippen molar-refractivity contribution in [2.24, 2.45) is 11.8 Å². The van der Waals surface area contributed by atoms with Gasteiger partial charge in [-0.2, -0.15) is 0 Å². The number of hydrogen-bond donors (Lipinski definition) is 3. The third-order valence-corrected chi connectivity index (χ3v) is 21.1. The van der Waals surface area contributed by atoms with Crippen molar-refractivity contribution in [1.29, 1.82) is 0 Å². The Balaban J connectivity index is 5.23. The zero-order chi connectivity index (χ0) is 74.2. The number of phosphoric acid groups is 2. The highest BCUT2D eigenvalue weighted by atomic mass is 31.2. The summed E-state index contributed by atoms with van der Waals surface area (Å²) in [5, 5.41) is 10.6. The van der Waals surface area contributed by atoms with E-state index >= 15 is 0 Å². The van der Waals surface area contributed by atoms with Gasteiger partial charge in [-0.1, -0.05) is 382 Å². The Bertz CT molecular complexity index is 1940. The minimum atomic E-state index is -4.96. The zero-order valence-corrected chi connectivity index (χ0v) is 68.0. The van der Waals surface area contributed by atoms with Crippen LogP contribution in [0.2, 0.25) is 0 Å². The van der Waals surface area contributed by atoms with Crippen molar-refractivity contribution in [2.75, 3.05) is 39.6 Å². The molecule has 2 unspecified atom stereocenters. The van der Waals surface area contributed by atoms with Crippen LogP contribution in [-0.2, 0) is 65.4 Å². The molecule has 600 valence electrons. The van der Waals surface area contributed by atoms with Gasteiger partial charge in [0.1, 0.15) is 19.3 Å². The van der Waals surface area contributed by atoms with Crippen molar-refractivity contribution >= 4 is 39.5 Å². The zero-order valence-electron chi connectivity index (χ0n) is 66.2. The molecule has 0 aliphatic carbocycles. The average molecular weight is 1480 g/mol. The Labute approximate surface area is 619 Å². The predicted octanol–water partition coefficient (Wildman–Crippen LogP) is 24.7. The van der Waals surface area contributed by atoms with Crippen LogP contribution >= 0.6 is 15.6 Å². The average Bonchev–Trinajstić information content (AvgIpc) is 1.51. The summed E-state index contributed by atoms with van der Waals surface area (Å²) in [6.45, 7) is 9.63. The Morgan fingerprint density at radius 2 is 0.455 bits per heavy atom. The van der Waals surface area contributed by atoms with Crippen molar-refractivity contribution < 1.29 is 80.2 Å². The lowest BCUT2D eigenvalue weighted by atomic mass is 10.0. The van der Waals surface area contributed by atoms with E-state index in [2.05, 4.69) is 41.5 Å². The van der Waals surface area contributed by atoms with Crippen molar-refractivity contribution in [3.8, 4) is 0 Å². The number of ether oxygens (including phenoxy) is 4. The van der Waals surface area contributed by atoms with Gasteiger partial charge in [0.2, 0.25) is 0 Å². The van der Waals surface area contributed by atoms with E-state index in [1.807, 2.05) is 0 Å². The van der Waals surface area contributed by atoms with Gasteiger partial charge in [0.05, 0.1) is 26.4 Å². The molecule has 0 spiro atoms. The number of hydrogen-bond acceptors (Lipinski definition) is 15. The third-order valence-electron chi connectivity index (χ3n) is 19.2. The Kier molecular flexibility index (Phi) is 72.2. The first-order chi connectivity index (χ1) is 48.9. The number of phosphoric ester groups is 2. The molecular formula is C82H160O17P2. The molecule has 0 saturated heterocycles. The lowest BCUT2D eigenvalue weighted by Crippen LogP contribution is -2.30. The summed E-state index contributed by atoms with van der Waals surface area (Å²) in [5.41, 5.74) is 0. The Morgan fingerprint density at radius 1 is 0.267 bits per heavy atom. The second-order valence-corrected chi connectivity index (χ2v) is 33.4. The molecule has 0 aliphatic heterocycles. The van der Waals surface area contributed by atoms with Crippen molar-refractivity contribution in [3.63, 3.8) is 0 Å². The van der Waals surface area contributed by atoms with Crippen molar-refractivity contribution in [1.82, 2.24) is 0 Å². The normalized spacial score (nSPS) is 13.9. The number of unbranched alkanes of at least 4 members (excludes halogenated alkanes) is 51. The predicted molar refractivity (Wildman–Crippen MR) is 414 cm³/mol. The van der Waals surface area contributed by atoms with E-state index in [1.54, 1.807) is 0 Å². The van der Waals surface area contributed by atoms with E-state index in [0.29, 0.717) is 25.7 Å². The van der Waals surface area contributed by atoms with Gasteiger partial charge in [-0.15, -0.1) is 0 Å². The SMILES string of the molecule is CCCCCCCCCCCCCCCCCCCCCCC(=O)O[C@H](COC(=O)CCCCCCCCCCCCCCCCCC(C)C)COP(=O)(O)OC[C@@H](O)COP(=O)(O)OC[C@@H](COC(=O)CCCCCCCCCCC(C)C)OC(=O)CCCCCCCCCCCCCC. The highest BCUT2D eigenvalue weighted by molar-refractivity contribution is 7.47. The molecule has 17 nitrogen and oxygen atoms in total. The molecule has 0 radical (unpaired) electrons. The fourth-order valence-electron chi connectivity index (χ4n) is 12.7. The minimum absolute atomic E-state index is 0.107. The Morgan fingerprint density at radius 3 is 0.673 bits per heavy atom. The van der Waals surface area contributed by atoms with E-state index in [-0.39, 0.29) is 25.7 Å². The molecule has 101 heavy (non-hydrogen) atoms. The second-order valence-electron chi connectivity index (χ2n) is 30.5. The number of aliphatic hydroxyl groups excluding tert-OH is 1. The van der Waals surface area contributed by atoms with Crippen molar-refractivity contribution in [2.45, 2.75) is 452 Å². The van der Waals surface area contributed by atoms with E-state index in [9.17, 15) is 43.2 Å². The highest BCUT2D eigenvalue weighted by Crippen LogP contribution is 2.45. The molecule has 0 fully saturated rings. The monoisotopic (exact) mass is 1480 g/mol. The summed E-state index contributed by atoms with van der Waals surface area (Å²) < 4.78 is 68.7. The minimum Gasteiger partial charge on any atom is -0.462 e. The van der Waals surface area contributed by atoms with Crippen LogP contribution in [0.15, 0.2) is 0 Å². The molecule has 0 aromatic carbocycles.